The summed E-state index contributed by atoms with van der Waals surface area (Å²) in [6.07, 6.45) is 6.88. The summed E-state index contributed by atoms with van der Waals surface area (Å²) < 4.78 is 7.75. The van der Waals surface area contributed by atoms with Gasteiger partial charge in [-0.25, -0.2) is 9.67 Å². The van der Waals surface area contributed by atoms with Crippen molar-refractivity contribution >= 4 is 46.7 Å². The first-order valence-corrected chi connectivity index (χ1v) is 23.6. The van der Waals surface area contributed by atoms with Crippen molar-refractivity contribution in [1.82, 2.24) is 40.4 Å². The van der Waals surface area contributed by atoms with Crippen LogP contribution in [-0.2, 0) is 43.3 Å². The number of amides is 3. The molecule has 0 saturated carbocycles. The zero-order chi connectivity index (χ0) is 47.1. The van der Waals surface area contributed by atoms with Crippen LogP contribution >= 0.6 is 11.3 Å². The fraction of sp³-hybridized carbons (Fsp3) is 0.652. The van der Waals surface area contributed by atoms with E-state index in [0.717, 1.165) is 43.5 Å². The predicted molar refractivity (Wildman–Crippen MR) is 247 cm³/mol. The highest BCUT2D eigenvalue weighted by Crippen LogP contribution is 2.32. The Balaban J connectivity index is 1.64. The van der Waals surface area contributed by atoms with Crippen LogP contribution in [0.3, 0.4) is 0 Å². The zero-order valence-corrected chi connectivity index (χ0v) is 39.9. The number of rotatable bonds is 25. The third-order valence-electron chi connectivity index (χ3n) is 12.4. The van der Waals surface area contributed by atoms with Gasteiger partial charge in [0.25, 0.3) is 5.91 Å². The molecular formula is C46H72N10O7S. The van der Waals surface area contributed by atoms with E-state index in [1.54, 1.807) is 42.2 Å². The molecule has 1 fully saturated rings. The Morgan fingerprint density at radius 2 is 1.80 bits per heavy atom. The van der Waals surface area contributed by atoms with Crippen LogP contribution in [0.5, 0.6) is 0 Å². The van der Waals surface area contributed by atoms with E-state index in [4.69, 9.17) is 21.2 Å². The standard InChI is InChI=1S/C46H72N10O7S/c1-9-30(4)40(52-42(59)37-15-11-12-21-54(37)8)44(60)55(22-13-10-14-35-27-49-53-56(35)23-20-47)38(29(2)3)25-39(63-31(5)57)43-51-36(28-64-43)41(58)50-34(26-46(6,7)45(61)62)24-32-16-18-33(48)19-17-32/h16-19,27-30,34,37-40H,9-15,20-26,47-48H2,1-8H3,(H,50,58)(H,52,59)(H,61,62)/t30-,34?,37?,38+,39+,40-/m0/s1. The molecule has 17 nitrogen and oxygen atoms in total. The van der Waals surface area contributed by atoms with Gasteiger partial charge >= 0.3 is 11.9 Å². The number of likely N-dealkylation sites (N-methyl/N-ethyl adjacent to an activating group) is 1. The van der Waals surface area contributed by atoms with Gasteiger partial charge in [0.2, 0.25) is 11.8 Å². The Kier molecular flexibility index (Phi) is 19.7. The van der Waals surface area contributed by atoms with Crippen molar-refractivity contribution in [2.24, 2.45) is 23.0 Å². The lowest BCUT2D eigenvalue weighted by Crippen LogP contribution is -2.59. The molecule has 0 radical (unpaired) electrons. The highest BCUT2D eigenvalue weighted by atomic mass is 32.1. The van der Waals surface area contributed by atoms with Crippen LogP contribution in [0.2, 0.25) is 0 Å². The number of aromatic nitrogens is 4. The molecule has 3 amide bonds. The van der Waals surface area contributed by atoms with Gasteiger partial charge in [-0.1, -0.05) is 57.9 Å². The van der Waals surface area contributed by atoms with Gasteiger partial charge in [0, 0.05) is 49.6 Å². The van der Waals surface area contributed by atoms with Gasteiger partial charge in [-0.3, -0.25) is 28.9 Å². The van der Waals surface area contributed by atoms with Crippen molar-refractivity contribution in [3.8, 4) is 0 Å². The SMILES string of the molecule is CC[C@H](C)[C@H](NC(=O)C1CCCCN1C)C(=O)N(CCCCc1cnnn1CCN)[C@H](C[C@@H](OC(C)=O)c1nc(C(=O)NC(Cc2ccc(N)cc2)CC(C)(C)C(=O)O)cs1)C(C)C. The van der Waals surface area contributed by atoms with Crippen molar-refractivity contribution in [3.63, 3.8) is 0 Å². The molecule has 0 spiro atoms. The summed E-state index contributed by atoms with van der Waals surface area (Å²) in [6, 6.07) is 5.06. The number of carbonyl (C=O) groups excluding carboxylic acids is 4. The van der Waals surface area contributed by atoms with E-state index < -0.39 is 47.5 Å². The van der Waals surface area contributed by atoms with Crippen LogP contribution in [-0.4, -0.2) is 115 Å². The summed E-state index contributed by atoms with van der Waals surface area (Å²) >= 11 is 1.17. The molecule has 64 heavy (non-hydrogen) atoms. The minimum Gasteiger partial charge on any atom is -0.481 e. The fourth-order valence-corrected chi connectivity index (χ4v) is 9.16. The number of nitrogens with one attached hydrogen (secondary N) is 2. The lowest BCUT2D eigenvalue weighted by molar-refractivity contribution is -0.150. The molecule has 2 aromatic heterocycles. The first kappa shape index (κ1) is 51.7. The Hall–Kier alpha value is -4.94. The number of anilines is 1. The van der Waals surface area contributed by atoms with E-state index in [-0.39, 0.29) is 48.2 Å². The van der Waals surface area contributed by atoms with Gasteiger partial charge in [-0.2, -0.15) is 0 Å². The normalized spacial score (nSPS) is 16.9. The number of carboxylic acid groups (broad SMARTS) is 1. The second kappa shape index (κ2) is 24.4. The van der Waals surface area contributed by atoms with Gasteiger partial charge in [0.15, 0.2) is 6.10 Å². The molecule has 3 heterocycles. The Morgan fingerprint density at radius 1 is 1.08 bits per heavy atom. The number of hydrogen-bond acceptors (Lipinski definition) is 13. The number of aliphatic carboxylic acids is 1. The summed E-state index contributed by atoms with van der Waals surface area (Å²) in [5, 5.41) is 26.3. The highest BCUT2D eigenvalue weighted by Gasteiger charge is 2.39. The van der Waals surface area contributed by atoms with Crippen molar-refractivity contribution in [2.75, 3.05) is 32.4 Å². The number of esters is 1. The first-order chi connectivity index (χ1) is 30.3. The van der Waals surface area contributed by atoms with Gasteiger partial charge in [-0.05, 0) is 102 Å². The topological polar surface area (TPSA) is 241 Å². The second-order valence-corrected chi connectivity index (χ2v) is 19.2. The number of benzene rings is 1. The van der Waals surface area contributed by atoms with Crippen molar-refractivity contribution in [2.45, 2.75) is 149 Å². The molecular weight excluding hydrogens is 837 g/mol. The number of piperidine rings is 1. The predicted octanol–water partition coefficient (Wildman–Crippen LogP) is 5.00. The Labute approximate surface area is 382 Å². The maximum Gasteiger partial charge on any atom is 0.309 e. The molecule has 4 rings (SSSR count). The largest absolute Gasteiger partial charge is 0.481 e. The third-order valence-corrected chi connectivity index (χ3v) is 13.3. The van der Waals surface area contributed by atoms with E-state index in [1.807, 2.05) is 51.8 Å². The van der Waals surface area contributed by atoms with E-state index in [0.29, 0.717) is 56.0 Å². The fourth-order valence-electron chi connectivity index (χ4n) is 8.32. The Morgan fingerprint density at radius 3 is 2.42 bits per heavy atom. The van der Waals surface area contributed by atoms with Gasteiger partial charge in [0.05, 0.1) is 29.9 Å². The van der Waals surface area contributed by atoms with Gasteiger partial charge < -0.3 is 36.8 Å². The summed E-state index contributed by atoms with van der Waals surface area (Å²) in [5.74, 6) is -2.69. The second-order valence-electron chi connectivity index (χ2n) is 18.3. The molecule has 7 N–H and O–H groups in total. The molecule has 6 atom stereocenters. The van der Waals surface area contributed by atoms with E-state index in [1.165, 1.54) is 18.3 Å². The number of thiazole rings is 1. The molecule has 1 aromatic carbocycles. The highest BCUT2D eigenvalue weighted by molar-refractivity contribution is 7.09. The van der Waals surface area contributed by atoms with Crippen molar-refractivity contribution < 1.29 is 33.8 Å². The number of nitrogens with two attached hydrogens (primary N) is 2. The van der Waals surface area contributed by atoms with Crippen molar-refractivity contribution in [1.29, 1.82) is 0 Å². The summed E-state index contributed by atoms with van der Waals surface area (Å²) in [4.78, 5) is 76.4. The molecule has 18 heteroatoms. The number of aryl methyl sites for hydroxylation is 1. The number of nitrogen functional groups attached to an aromatic ring is 1. The average molecular weight is 909 g/mol. The minimum absolute atomic E-state index is 0.0946. The zero-order valence-electron chi connectivity index (χ0n) is 39.0. The molecule has 1 aliphatic rings. The van der Waals surface area contributed by atoms with Crippen LogP contribution in [0.15, 0.2) is 35.8 Å². The maximum absolute atomic E-state index is 15.1. The molecule has 354 valence electrons. The summed E-state index contributed by atoms with van der Waals surface area (Å²) in [6.45, 7) is 14.7. The number of unbranched alkanes of at least 4 members (excludes halogenated alkanes) is 1. The third kappa shape index (κ3) is 14.8. The lowest BCUT2D eigenvalue weighted by Gasteiger charge is -2.40. The summed E-state index contributed by atoms with van der Waals surface area (Å²) in [7, 11) is 1.95. The minimum atomic E-state index is -1.14. The van der Waals surface area contributed by atoms with E-state index in [2.05, 4.69) is 25.8 Å². The average Bonchev–Trinajstić information content (AvgIpc) is 3.92. The van der Waals surface area contributed by atoms with Gasteiger partial charge in [-0.15, -0.1) is 16.4 Å². The van der Waals surface area contributed by atoms with Crippen LogP contribution < -0.4 is 22.1 Å². The number of carboxylic acids is 1. The maximum atomic E-state index is 15.1. The number of hydrogen-bond donors (Lipinski definition) is 5. The van der Waals surface area contributed by atoms with Crippen LogP contribution in [0.4, 0.5) is 5.69 Å². The molecule has 1 aliphatic heterocycles. The molecule has 3 aromatic rings. The number of ether oxygens (including phenoxy) is 1. The monoisotopic (exact) mass is 909 g/mol. The smallest absolute Gasteiger partial charge is 0.309 e. The molecule has 0 bridgehead atoms. The van der Waals surface area contributed by atoms with E-state index >= 15 is 4.79 Å². The number of likely N-dealkylation sites (tertiary alicyclic amines) is 1. The summed E-state index contributed by atoms with van der Waals surface area (Å²) in [5.41, 5.74) is 13.1. The van der Waals surface area contributed by atoms with Crippen molar-refractivity contribution in [3.05, 3.63) is 57.8 Å². The van der Waals surface area contributed by atoms with Crippen LogP contribution in [0, 0.1) is 17.3 Å². The first-order valence-electron chi connectivity index (χ1n) is 22.7. The van der Waals surface area contributed by atoms with Crippen LogP contribution in [0.1, 0.15) is 133 Å². The Bertz CT molecular complexity index is 1990. The number of carbonyl (C=O) groups is 5. The van der Waals surface area contributed by atoms with Crippen LogP contribution in [0.25, 0.3) is 0 Å². The number of nitrogens with zero attached hydrogens (tertiary/aromatic N) is 6. The molecule has 0 aliphatic carbocycles. The molecule has 1 saturated heterocycles. The van der Waals surface area contributed by atoms with Gasteiger partial charge in [0.1, 0.15) is 16.7 Å². The molecule has 2 unspecified atom stereocenters. The lowest BCUT2D eigenvalue weighted by atomic mass is 9.84. The quantitative estimate of drug-likeness (QED) is 0.0428. The van der Waals surface area contributed by atoms with E-state index in [9.17, 15) is 24.3 Å².